The zero-order valence-electron chi connectivity index (χ0n) is 16.5. The van der Waals surface area contributed by atoms with Gasteiger partial charge in [0.25, 0.3) is 11.1 Å². The summed E-state index contributed by atoms with van der Waals surface area (Å²) in [6, 6.07) is 11.9. The lowest BCUT2D eigenvalue weighted by Crippen LogP contribution is -2.36. The van der Waals surface area contributed by atoms with Gasteiger partial charge in [-0.3, -0.25) is 14.5 Å². The average Bonchev–Trinajstić information content (AvgIpc) is 3.03. The molecule has 2 aliphatic heterocycles. The van der Waals surface area contributed by atoms with Crippen molar-refractivity contribution in [1.29, 1.82) is 0 Å². The molecule has 0 bridgehead atoms. The van der Waals surface area contributed by atoms with E-state index in [0.29, 0.717) is 30.1 Å². The monoisotopic (exact) mass is 428 g/mol. The van der Waals surface area contributed by atoms with Gasteiger partial charge in [0.05, 0.1) is 31.8 Å². The standard InChI is InChI=1S/C22H21FN2O4S/c1-28-19-13-17(24-8-10-29-11-9-24)7-6-15(19)12-20-21(26)25(22(27)30-20)14-16-4-2-3-5-18(16)23/h2-7,12-13H,8-11,14H2,1H3/b20-12-. The Labute approximate surface area is 178 Å². The van der Waals surface area contributed by atoms with E-state index in [4.69, 9.17) is 9.47 Å². The molecule has 4 rings (SSSR count). The summed E-state index contributed by atoms with van der Waals surface area (Å²) in [5.74, 6) is -0.270. The Kier molecular flexibility index (Phi) is 6.06. The van der Waals surface area contributed by atoms with Crippen LogP contribution in [-0.2, 0) is 16.1 Å². The van der Waals surface area contributed by atoms with Gasteiger partial charge in [-0.2, -0.15) is 0 Å². The van der Waals surface area contributed by atoms with E-state index in [1.807, 2.05) is 18.2 Å². The van der Waals surface area contributed by atoms with Gasteiger partial charge >= 0.3 is 0 Å². The summed E-state index contributed by atoms with van der Waals surface area (Å²) in [6.07, 6.45) is 1.65. The van der Waals surface area contributed by atoms with E-state index in [-0.39, 0.29) is 11.4 Å². The summed E-state index contributed by atoms with van der Waals surface area (Å²) < 4.78 is 24.8. The smallest absolute Gasteiger partial charge is 0.293 e. The molecule has 0 aromatic heterocycles. The second kappa shape index (κ2) is 8.89. The maximum atomic E-state index is 13.9. The number of thioether (sulfide) groups is 1. The van der Waals surface area contributed by atoms with Gasteiger partial charge in [0.15, 0.2) is 0 Å². The van der Waals surface area contributed by atoms with Gasteiger partial charge in [-0.15, -0.1) is 0 Å². The lowest BCUT2D eigenvalue weighted by molar-refractivity contribution is -0.123. The van der Waals surface area contributed by atoms with Crippen molar-refractivity contribution in [2.24, 2.45) is 0 Å². The first-order chi connectivity index (χ1) is 14.6. The molecule has 156 valence electrons. The number of nitrogens with zero attached hydrogens (tertiary/aromatic N) is 2. The maximum Gasteiger partial charge on any atom is 0.293 e. The molecule has 0 saturated carbocycles. The van der Waals surface area contributed by atoms with Crippen LogP contribution >= 0.6 is 11.8 Å². The highest BCUT2D eigenvalue weighted by Crippen LogP contribution is 2.36. The molecular weight excluding hydrogens is 407 g/mol. The third-order valence-electron chi connectivity index (χ3n) is 5.04. The normalized spacial score (nSPS) is 18.4. The number of amides is 2. The Hall–Kier alpha value is -2.84. The highest BCUT2D eigenvalue weighted by molar-refractivity contribution is 8.18. The fourth-order valence-electron chi connectivity index (χ4n) is 3.41. The van der Waals surface area contributed by atoms with Crippen molar-refractivity contribution in [1.82, 2.24) is 4.90 Å². The molecule has 2 aromatic rings. The summed E-state index contributed by atoms with van der Waals surface area (Å²) in [6.45, 7) is 2.87. The van der Waals surface area contributed by atoms with Crippen LogP contribution in [0.1, 0.15) is 11.1 Å². The van der Waals surface area contributed by atoms with E-state index in [1.54, 1.807) is 31.4 Å². The lowest BCUT2D eigenvalue weighted by Gasteiger charge is -2.29. The Morgan fingerprint density at radius 3 is 2.67 bits per heavy atom. The molecule has 0 radical (unpaired) electrons. The first-order valence-corrected chi connectivity index (χ1v) is 10.4. The fraction of sp³-hybridized carbons (Fsp3) is 0.273. The maximum absolute atomic E-state index is 13.9. The number of methoxy groups -OCH3 is 1. The van der Waals surface area contributed by atoms with E-state index in [9.17, 15) is 14.0 Å². The largest absolute Gasteiger partial charge is 0.496 e. The van der Waals surface area contributed by atoms with Gasteiger partial charge in [-0.05, 0) is 36.0 Å². The minimum Gasteiger partial charge on any atom is -0.496 e. The molecule has 2 aromatic carbocycles. The van der Waals surface area contributed by atoms with Gasteiger partial charge in [0, 0.05) is 36.0 Å². The van der Waals surface area contributed by atoms with Crippen LogP contribution in [0.4, 0.5) is 14.9 Å². The molecule has 6 nitrogen and oxygen atoms in total. The molecule has 2 amide bonds. The molecule has 0 N–H and O–H groups in total. The van der Waals surface area contributed by atoms with Gasteiger partial charge < -0.3 is 14.4 Å². The number of benzene rings is 2. The molecule has 0 atom stereocenters. The molecule has 2 aliphatic rings. The zero-order chi connectivity index (χ0) is 21.1. The Balaban J connectivity index is 1.56. The van der Waals surface area contributed by atoms with Crippen molar-refractivity contribution in [2.75, 3.05) is 38.3 Å². The summed E-state index contributed by atoms with van der Waals surface area (Å²) in [5, 5.41) is -0.418. The topological polar surface area (TPSA) is 59.1 Å². The Morgan fingerprint density at radius 2 is 1.93 bits per heavy atom. The highest BCUT2D eigenvalue weighted by atomic mass is 32.2. The lowest BCUT2D eigenvalue weighted by atomic mass is 10.1. The minimum absolute atomic E-state index is 0.0955. The van der Waals surface area contributed by atoms with Crippen LogP contribution in [0.25, 0.3) is 6.08 Å². The third kappa shape index (κ3) is 4.20. The van der Waals surface area contributed by atoms with Crippen molar-refractivity contribution >= 4 is 34.7 Å². The second-order valence-electron chi connectivity index (χ2n) is 6.88. The van der Waals surface area contributed by atoms with E-state index < -0.39 is 17.0 Å². The summed E-state index contributed by atoms with van der Waals surface area (Å²) in [4.78, 5) is 28.7. The Bertz CT molecular complexity index is 1000. The van der Waals surface area contributed by atoms with Crippen LogP contribution in [0.15, 0.2) is 47.4 Å². The van der Waals surface area contributed by atoms with Gasteiger partial charge in [-0.1, -0.05) is 18.2 Å². The van der Waals surface area contributed by atoms with Crippen LogP contribution in [0.3, 0.4) is 0 Å². The van der Waals surface area contributed by atoms with Gasteiger partial charge in [0.2, 0.25) is 0 Å². The first-order valence-electron chi connectivity index (χ1n) is 9.56. The predicted molar refractivity (Wildman–Crippen MR) is 114 cm³/mol. The molecule has 30 heavy (non-hydrogen) atoms. The van der Waals surface area contributed by atoms with Gasteiger partial charge in [-0.25, -0.2) is 4.39 Å². The molecule has 2 fully saturated rings. The predicted octanol–water partition coefficient (Wildman–Crippen LogP) is 3.91. The molecule has 0 spiro atoms. The molecule has 2 heterocycles. The summed E-state index contributed by atoms with van der Waals surface area (Å²) in [7, 11) is 1.57. The molecular formula is C22H21FN2O4S. The summed E-state index contributed by atoms with van der Waals surface area (Å²) in [5.41, 5.74) is 2.01. The number of carbonyl (C=O) groups excluding carboxylic acids is 2. The number of rotatable bonds is 5. The number of ether oxygens (including phenoxy) is 2. The second-order valence-corrected chi connectivity index (χ2v) is 7.88. The number of anilines is 1. The van der Waals surface area contributed by atoms with Crippen molar-refractivity contribution < 1.29 is 23.5 Å². The number of hydrogen-bond acceptors (Lipinski definition) is 6. The fourth-order valence-corrected chi connectivity index (χ4v) is 4.24. The summed E-state index contributed by atoms with van der Waals surface area (Å²) >= 11 is 0.847. The van der Waals surface area contributed by atoms with Crippen LogP contribution in [0, 0.1) is 5.82 Å². The first kappa shape index (κ1) is 20.4. The zero-order valence-corrected chi connectivity index (χ0v) is 17.3. The van der Waals surface area contributed by atoms with Crippen LogP contribution in [0.5, 0.6) is 5.75 Å². The van der Waals surface area contributed by atoms with Gasteiger partial charge in [0.1, 0.15) is 11.6 Å². The van der Waals surface area contributed by atoms with Crippen molar-refractivity contribution in [3.05, 3.63) is 64.3 Å². The quantitative estimate of drug-likeness (QED) is 0.673. The van der Waals surface area contributed by atoms with Crippen molar-refractivity contribution in [3.8, 4) is 5.75 Å². The van der Waals surface area contributed by atoms with E-state index in [2.05, 4.69) is 4.90 Å². The number of carbonyl (C=O) groups is 2. The average molecular weight is 428 g/mol. The molecule has 0 aliphatic carbocycles. The number of hydrogen-bond donors (Lipinski definition) is 0. The number of morpholine rings is 1. The van der Waals surface area contributed by atoms with Crippen LogP contribution in [0.2, 0.25) is 0 Å². The number of imide groups is 1. The minimum atomic E-state index is -0.444. The highest BCUT2D eigenvalue weighted by Gasteiger charge is 2.35. The molecule has 8 heteroatoms. The molecule has 0 unspecified atom stereocenters. The van der Waals surface area contributed by atoms with Crippen molar-refractivity contribution in [3.63, 3.8) is 0 Å². The van der Waals surface area contributed by atoms with E-state index in [0.717, 1.165) is 35.4 Å². The number of halogens is 1. The SMILES string of the molecule is COc1cc(N2CCOCC2)ccc1/C=C1\SC(=O)N(Cc2ccccc2F)C1=O. The van der Waals surface area contributed by atoms with Crippen LogP contribution in [-0.4, -0.2) is 49.5 Å². The third-order valence-corrected chi connectivity index (χ3v) is 5.95. The Morgan fingerprint density at radius 1 is 1.17 bits per heavy atom. The van der Waals surface area contributed by atoms with E-state index in [1.165, 1.54) is 6.07 Å². The van der Waals surface area contributed by atoms with Crippen LogP contribution < -0.4 is 9.64 Å². The van der Waals surface area contributed by atoms with Crippen molar-refractivity contribution in [2.45, 2.75) is 6.54 Å². The molecule has 2 saturated heterocycles. The van der Waals surface area contributed by atoms with E-state index >= 15 is 0 Å².